The van der Waals surface area contributed by atoms with Crippen LogP contribution in [-0.4, -0.2) is 52.7 Å². The largest absolute Gasteiger partial charge is 0.415 e. The van der Waals surface area contributed by atoms with Crippen LogP contribution in [0.5, 0.6) is 5.75 Å². The number of nitrogens with one attached hydrogen (secondary N) is 1. The van der Waals surface area contributed by atoms with Crippen molar-refractivity contribution in [3.8, 4) is 5.75 Å². The molecule has 0 atom stereocenters. The summed E-state index contributed by atoms with van der Waals surface area (Å²) in [6.07, 6.45) is -0.443. The smallest absolute Gasteiger partial charge is 0.410 e. The molecule has 9 heteroatoms. The topological polar surface area (TPSA) is 114 Å². The van der Waals surface area contributed by atoms with Crippen molar-refractivity contribution in [1.82, 2.24) is 10.3 Å². The van der Waals surface area contributed by atoms with E-state index in [0.717, 1.165) is 0 Å². The highest BCUT2D eigenvalue weighted by Gasteiger charge is 2.24. The van der Waals surface area contributed by atoms with Crippen LogP contribution < -0.4 is 15.9 Å². The average molecular weight is 294 g/mol. The lowest BCUT2D eigenvalue weighted by Crippen LogP contribution is -2.52. The summed E-state index contributed by atoms with van der Waals surface area (Å²) in [5, 5.41) is 9.59. The Balaban J connectivity index is 1.89. The highest BCUT2D eigenvalue weighted by Crippen LogP contribution is 2.10. The SMILES string of the molecule is NC(N[N+](=O)[O-])=[N+]1CCN(C(=O)Oc2ccccc2)CC1. The van der Waals surface area contributed by atoms with Gasteiger partial charge in [-0.1, -0.05) is 18.2 Å². The van der Waals surface area contributed by atoms with Crippen molar-refractivity contribution in [2.45, 2.75) is 0 Å². The molecule has 112 valence electrons. The van der Waals surface area contributed by atoms with Gasteiger partial charge in [0, 0.05) is 5.43 Å². The molecular formula is C12H16N5O4+. The van der Waals surface area contributed by atoms with E-state index >= 15 is 0 Å². The summed E-state index contributed by atoms with van der Waals surface area (Å²) in [6.45, 7) is 1.56. The molecule has 21 heavy (non-hydrogen) atoms. The summed E-state index contributed by atoms with van der Waals surface area (Å²) >= 11 is 0. The molecule has 3 N–H and O–H groups in total. The van der Waals surface area contributed by atoms with Gasteiger partial charge < -0.3 is 9.64 Å². The zero-order valence-electron chi connectivity index (χ0n) is 11.3. The highest BCUT2D eigenvalue weighted by molar-refractivity contribution is 5.72. The van der Waals surface area contributed by atoms with Crippen molar-refractivity contribution in [3.05, 3.63) is 40.4 Å². The Morgan fingerprint density at radius 2 is 1.95 bits per heavy atom. The predicted molar refractivity (Wildman–Crippen MR) is 73.4 cm³/mol. The maximum atomic E-state index is 11.9. The molecule has 9 nitrogen and oxygen atoms in total. The van der Waals surface area contributed by atoms with Crippen LogP contribution in [0.3, 0.4) is 0 Å². The summed E-state index contributed by atoms with van der Waals surface area (Å²) in [5.41, 5.74) is 7.45. The Morgan fingerprint density at radius 1 is 1.33 bits per heavy atom. The van der Waals surface area contributed by atoms with E-state index < -0.39 is 11.1 Å². The molecule has 1 saturated heterocycles. The fourth-order valence-corrected chi connectivity index (χ4v) is 1.95. The third-order valence-corrected chi connectivity index (χ3v) is 3.03. The first-order chi connectivity index (χ1) is 10.1. The number of amides is 1. The maximum Gasteiger partial charge on any atom is 0.415 e. The van der Waals surface area contributed by atoms with E-state index in [-0.39, 0.29) is 5.96 Å². The molecule has 1 aromatic carbocycles. The standard InChI is InChI=1S/C12H15N5O4/c13-11(14-17(19)20)15-6-8-16(9-7-15)12(18)21-10-4-2-1-3-5-10/h1-5H,6-9H2,(H2,13,14)/p+1. The van der Waals surface area contributed by atoms with Crippen molar-refractivity contribution in [2.75, 3.05) is 26.2 Å². The van der Waals surface area contributed by atoms with E-state index in [2.05, 4.69) is 0 Å². The number of para-hydroxylation sites is 1. The van der Waals surface area contributed by atoms with Gasteiger partial charge in [0.2, 0.25) is 5.03 Å². The van der Waals surface area contributed by atoms with Crippen LogP contribution in [0.1, 0.15) is 0 Å². The first kappa shape index (κ1) is 14.6. The Morgan fingerprint density at radius 3 is 2.52 bits per heavy atom. The number of rotatable bonds is 2. The predicted octanol–water partition coefficient (Wildman–Crippen LogP) is -0.390. The summed E-state index contributed by atoms with van der Waals surface area (Å²) in [6, 6.07) is 8.78. The molecule has 1 aliphatic rings. The minimum absolute atomic E-state index is 0.0314. The van der Waals surface area contributed by atoms with Crippen LogP contribution in [0.15, 0.2) is 30.3 Å². The second-order valence-corrected chi connectivity index (χ2v) is 4.41. The molecule has 1 heterocycles. The van der Waals surface area contributed by atoms with Gasteiger partial charge in [0.1, 0.15) is 5.75 Å². The van der Waals surface area contributed by atoms with E-state index in [9.17, 15) is 14.9 Å². The van der Waals surface area contributed by atoms with Gasteiger partial charge in [-0.25, -0.2) is 14.9 Å². The number of ether oxygens (including phenoxy) is 1. The minimum atomic E-state index is -0.717. The van der Waals surface area contributed by atoms with Crippen molar-refractivity contribution in [1.29, 1.82) is 0 Å². The lowest BCUT2D eigenvalue weighted by atomic mass is 10.3. The number of hydrogen-bond donors (Lipinski definition) is 2. The van der Waals surface area contributed by atoms with Gasteiger partial charge in [-0.05, 0) is 12.1 Å². The Kier molecular flexibility index (Phi) is 4.54. The number of benzene rings is 1. The Bertz CT molecular complexity index is 550. The van der Waals surface area contributed by atoms with Crippen molar-refractivity contribution >= 4 is 12.1 Å². The van der Waals surface area contributed by atoms with Gasteiger partial charge in [0.05, 0.1) is 26.2 Å². The van der Waals surface area contributed by atoms with Gasteiger partial charge in [-0.2, -0.15) is 0 Å². The number of carbonyl (C=O) groups is 1. The van der Waals surface area contributed by atoms with E-state index in [1.54, 1.807) is 28.8 Å². The molecular weight excluding hydrogens is 278 g/mol. The molecule has 1 amide bonds. The zero-order valence-corrected chi connectivity index (χ0v) is 11.3. The zero-order chi connectivity index (χ0) is 15.2. The molecule has 1 fully saturated rings. The van der Waals surface area contributed by atoms with Crippen LogP contribution >= 0.6 is 0 Å². The maximum absolute atomic E-state index is 11.9. The fraction of sp³-hybridized carbons (Fsp3) is 0.333. The van der Waals surface area contributed by atoms with Crippen molar-refractivity contribution < 1.29 is 19.1 Å². The van der Waals surface area contributed by atoms with Crippen LogP contribution in [-0.2, 0) is 0 Å². The quantitative estimate of drug-likeness (QED) is 0.332. The van der Waals surface area contributed by atoms with Crippen LogP contribution in [0, 0.1) is 10.1 Å². The number of nitro groups is 1. The second-order valence-electron chi connectivity index (χ2n) is 4.41. The molecule has 0 bridgehead atoms. The summed E-state index contributed by atoms with van der Waals surface area (Å²) in [4.78, 5) is 23.8. The molecule has 2 rings (SSSR count). The molecule has 0 saturated carbocycles. The Labute approximate surface area is 120 Å². The molecule has 1 aliphatic heterocycles. The van der Waals surface area contributed by atoms with Gasteiger partial charge in [0.15, 0.2) is 0 Å². The molecule has 0 spiro atoms. The lowest BCUT2D eigenvalue weighted by Gasteiger charge is -2.27. The number of hydrazine groups is 1. The first-order valence-corrected chi connectivity index (χ1v) is 6.36. The molecule has 1 aromatic rings. The summed E-state index contributed by atoms with van der Waals surface area (Å²) in [7, 11) is 0. The number of nitrogens with zero attached hydrogens (tertiary/aromatic N) is 3. The van der Waals surface area contributed by atoms with Crippen LogP contribution in [0.25, 0.3) is 0 Å². The van der Waals surface area contributed by atoms with E-state index in [0.29, 0.717) is 31.9 Å². The second kappa shape index (κ2) is 6.55. The average Bonchev–Trinajstić information content (AvgIpc) is 2.47. The van der Waals surface area contributed by atoms with E-state index in [4.69, 9.17) is 10.5 Å². The van der Waals surface area contributed by atoms with Gasteiger partial charge in [-0.15, -0.1) is 0 Å². The summed E-state index contributed by atoms with van der Waals surface area (Å²) < 4.78 is 6.83. The van der Waals surface area contributed by atoms with Gasteiger partial charge in [-0.3, -0.25) is 10.3 Å². The number of nitrogens with two attached hydrogens (primary N) is 1. The lowest BCUT2D eigenvalue weighted by molar-refractivity contribution is -0.573. The van der Waals surface area contributed by atoms with Crippen LogP contribution in [0.4, 0.5) is 4.79 Å². The third kappa shape index (κ3) is 4.06. The van der Waals surface area contributed by atoms with Gasteiger partial charge in [0.25, 0.3) is 0 Å². The first-order valence-electron chi connectivity index (χ1n) is 6.36. The third-order valence-electron chi connectivity index (χ3n) is 3.03. The molecule has 0 radical (unpaired) electrons. The van der Waals surface area contributed by atoms with E-state index in [1.807, 2.05) is 11.5 Å². The number of hydrogen-bond acceptors (Lipinski definition) is 4. The number of piperazine rings is 1. The Hall–Kier alpha value is -2.84. The van der Waals surface area contributed by atoms with E-state index in [1.165, 1.54) is 4.90 Å². The minimum Gasteiger partial charge on any atom is -0.410 e. The van der Waals surface area contributed by atoms with Crippen molar-refractivity contribution in [3.63, 3.8) is 0 Å². The molecule has 0 aromatic heterocycles. The normalized spacial score (nSPS) is 14.5. The van der Waals surface area contributed by atoms with Gasteiger partial charge >= 0.3 is 12.1 Å². The molecule has 0 aliphatic carbocycles. The number of guanidine groups is 1. The number of carbonyl (C=O) groups excluding carboxylic acids is 1. The summed E-state index contributed by atoms with van der Waals surface area (Å²) in [5.74, 6) is 0.446. The molecule has 0 unspecified atom stereocenters. The highest BCUT2D eigenvalue weighted by atomic mass is 16.7. The van der Waals surface area contributed by atoms with Crippen molar-refractivity contribution in [2.24, 2.45) is 5.73 Å². The fourth-order valence-electron chi connectivity index (χ4n) is 1.95. The van der Waals surface area contributed by atoms with Crippen LogP contribution in [0.2, 0.25) is 0 Å². The monoisotopic (exact) mass is 294 g/mol.